The summed E-state index contributed by atoms with van der Waals surface area (Å²) in [5.74, 6) is 0.584. The number of nitrogens with one attached hydrogen (secondary N) is 1. The fraction of sp³-hybridized carbons (Fsp3) is 0.500. The van der Waals surface area contributed by atoms with E-state index in [1.165, 1.54) is 0 Å². The van der Waals surface area contributed by atoms with Crippen LogP contribution in [0.4, 0.5) is 0 Å². The zero-order valence-electron chi connectivity index (χ0n) is 11.0. The summed E-state index contributed by atoms with van der Waals surface area (Å²) < 4.78 is 0.884. The first-order valence-corrected chi connectivity index (χ1v) is 7.66. The molecule has 0 unspecified atom stereocenters. The molecule has 1 amide bonds. The Morgan fingerprint density at radius 2 is 2.16 bits per heavy atom. The van der Waals surface area contributed by atoms with E-state index in [0.717, 1.165) is 36.9 Å². The van der Waals surface area contributed by atoms with Gasteiger partial charge in [0.2, 0.25) is 0 Å². The molecule has 2 rings (SSSR count). The second-order valence-electron chi connectivity index (χ2n) is 5.00. The van der Waals surface area contributed by atoms with E-state index >= 15 is 0 Å². The van der Waals surface area contributed by atoms with E-state index < -0.39 is 0 Å². The van der Waals surface area contributed by atoms with Gasteiger partial charge in [0, 0.05) is 18.1 Å². The van der Waals surface area contributed by atoms with Gasteiger partial charge in [-0.25, -0.2) is 0 Å². The number of hydrogen-bond donors (Lipinski definition) is 1. The number of benzene rings is 1. The highest BCUT2D eigenvalue weighted by Gasteiger charge is 2.20. The highest BCUT2D eigenvalue weighted by atomic mass is 79.9. The maximum Gasteiger partial charge on any atom is 0.255 e. The molecule has 0 radical (unpaired) electrons. The number of carbonyl (C=O) groups is 1. The van der Waals surface area contributed by atoms with Gasteiger partial charge in [-0.3, -0.25) is 4.79 Å². The molecule has 0 bridgehead atoms. The molecule has 0 spiro atoms. The third kappa shape index (κ3) is 3.94. The zero-order chi connectivity index (χ0) is 13.8. The normalized spacial score (nSPS) is 16.4. The van der Waals surface area contributed by atoms with Gasteiger partial charge in [-0.05, 0) is 50.0 Å². The predicted molar refractivity (Wildman–Crippen MR) is 81.7 cm³/mol. The molecule has 0 aromatic heterocycles. The molecule has 104 valence electrons. The Bertz CT molecular complexity index is 461. The van der Waals surface area contributed by atoms with Crippen LogP contribution in [-0.2, 0) is 0 Å². The molecule has 0 aliphatic carbocycles. The van der Waals surface area contributed by atoms with E-state index in [1.807, 2.05) is 13.1 Å². The molecule has 1 aliphatic heterocycles. The van der Waals surface area contributed by atoms with Crippen molar-refractivity contribution in [3.63, 3.8) is 0 Å². The number of amides is 1. The van der Waals surface area contributed by atoms with Crippen molar-refractivity contribution < 1.29 is 4.79 Å². The van der Waals surface area contributed by atoms with Crippen molar-refractivity contribution >= 4 is 33.4 Å². The van der Waals surface area contributed by atoms with Crippen LogP contribution >= 0.6 is 27.5 Å². The molecule has 0 atom stereocenters. The van der Waals surface area contributed by atoms with Gasteiger partial charge in [0.15, 0.2) is 0 Å². The first-order valence-electron chi connectivity index (χ1n) is 6.49. The van der Waals surface area contributed by atoms with E-state index in [4.69, 9.17) is 11.6 Å². The van der Waals surface area contributed by atoms with Crippen molar-refractivity contribution in [3.05, 3.63) is 33.3 Å². The van der Waals surface area contributed by atoms with Gasteiger partial charge in [0.1, 0.15) is 0 Å². The van der Waals surface area contributed by atoms with Gasteiger partial charge in [-0.15, -0.1) is 0 Å². The van der Waals surface area contributed by atoms with E-state index in [9.17, 15) is 4.79 Å². The lowest BCUT2D eigenvalue weighted by Crippen LogP contribution is -2.37. The SMILES string of the molecule is CN(CC1CCNCC1)C(=O)c1ccc(Br)cc1Cl. The Balaban J connectivity index is 2.01. The number of hydrogen-bond acceptors (Lipinski definition) is 2. The van der Waals surface area contributed by atoms with Crippen LogP contribution in [0.2, 0.25) is 5.02 Å². The smallest absolute Gasteiger partial charge is 0.255 e. The van der Waals surface area contributed by atoms with Crippen molar-refractivity contribution in [1.82, 2.24) is 10.2 Å². The van der Waals surface area contributed by atoms with Gasteiger partial charge in [-0.2, -0.15) is 0 Å². The number of rotatable bonds is 3. The minimum Gasteiger partial charge on any atom is -0.341 e. The van der Waals surface area contributed by atoms with E-state index in [0.29, 0.717) is 16.5 Å². The summed E-state index contributed by atoms with van der Waals surface area (Å²) in [6.45, 7) is 2.89. The maximum absolute atomic E-state index is 12.4. The minimum atomic E-state index is -0.00367. The molecule has 5 heteroatoms. The Hall–Kier alpha value is -0.580. The molecule has 0 saturated carbocycles. The van der Waals surface area contributed by atoms with Crippen LogP contribution in [0.15, 0.2) is 22.7 Å². The predicted octanol–water partition coefficient (Wildman–Crippen LogP) is 3.17. The molecule has 19 heavy (non-hydrogen) atoms. The van der Waals surface area contributed by atoms with Gasteiger partial charge >= 0.3 is 0 Å². The lowest BCUT2D eigenvalue weighted by Gasteiger charge is -2.27. The molecule has 1 heterocycles. The van der Waals surface area contributed by atoms with Crippen molar-refractivity contribution in [2.24, 2.45) is 5.92 Å². The largest absolute Gasteiger partial charge is 0.341 e. The number of nitrogens with zero attached hydrogens (tertiary/aromatic N) is 1. The van der Waals surface area contributed by atoms with Crippen molar-refractivity contribution in [1.29, 1.82) is 0 Å². The molecular formula is C14H18BrClN2O. The topological polar surface area (TPSA) is 32.3 Å². The Labute approximate surface area is 127 Å². The van der Waals surface area contributed by atoms with Crippen LogP contribution in [0.3, 0.4) is 0 Å². The van der Waals surface area contributed by atoms with Gasteiger partial charge in [-0.1, -0.05) is 27.5 Å². The van der Waals surface area contributed by atoms with Crippen LogP contribution in [0.1, 0.15) is 23.2 Å². The number of halogens is 2. The summed E-state index contributed by atoms with van der Waals surface area (Å²) in [7, 11) is 1.85. The van der Waals surface area contributed by atoms with Crippen LogP contribution in [-0.4, -0.2) is 37.5 Å². The van der Waals surface area contributed by atoms with Crippen LogP contribution in [0, 0.1) is 5.92 Å². The third-order valence-electron chi connectivity index (χ3n) is 3.50. The molecule has 1 aromatic carbocycles. The molecule has 1 fully saturated rings. The summed E-state index contributed by atoms with van der Waals surface area (Å²) in [6.07, 6.45) is 2.26. The standard InChI is InChI=1S/C14H18BrClN2O/c1-18(9-10-4-6-17-7-5-10)14(19)12-3-2-11(15)8-13(12)16/h2-3,8,10,17H,4-7,9H2,1H3. The van der Waals surface area contributed by atoms with Gasteiger partial charge in [0.05, 0.1) is 10.6 Å². The summed E-state index contributed by atoms with van der Waals surface area (Å²) in [4.78, 5) is 14.1. The first-order chi connectivity index (χ1) is 9.08. The maximum atomic E-state index is 12.4. The molecule has 1 aliphatic rings. The summed E-state index contributed by atoms with van der Waals surface area (Å²) in [5, 5.41) is 3.83. The fourth-order valence-corrected chi connectivity index (χ4v) is 3.16. The average Bonchev–Trinajstić information content (AvgIpc) is 2.39. The molecule has 1 saturated heterocycles. The summed E-state index contributed by atoms with van der Waals surface area (Å²) in [6, 6.07) is 5.37. The number of piperidine rings is 1. The first kappa shape index (κ1) is 14.8. The van der Waals surface area contributed by atoms with Crippen LogP contribution in [0.5, 0.6) is 0 Å². The monoisotopic (exact) mass is 344 g/mol. The van der Waals surface area contributed by atoms with Crippen LogP contribution < -0.4 is 5.32 Å². The molecule has 1 aromatic rings. The Morgan fingerprint density at radius 3 is 2.79 bits per heavy atom. The van der Waals surface area contributed by atoms with Crippen molar-refractivity contribution in [2.45, 2.75) is 12.8 Å². The van der Waals surface area contributed by atoms with Gasteiger partial charge < -0.3 is 10.2 Å². The Morgan fingerprint density at radius 1 is 1.47 bits per heavy atom. The summed E-state index contributed by atoms with van der Waals surface area (Å²) in [5.41, 5.74) is 0.571. The van der Waals surface area contributed by atoms with E-state index in [-0.39, 0.29) is 5.91 Å². The molecule has 1 N–H and O–H groups in total. The van der Waals surface area contributed by atoms with E-state index in [1.54, 1.807) is 17.0 Å². The zero-order valence-corrected chi connectivity index (χ0v) is 13.3. The highest BCUT2D eigenvalue weighted by Crippen LogP contribution is 2.23. The molecular weight excluding hydrogens is 328 g/mol. The minimum absolute atomic E-state index is 0.00367. The quantitative estimate of drug-likeness (QED) is 0.912. The second-order valence-corrected chi connectivity index (χ2v) is 6.33. The van der Waals surface area contributed by atoms with Gasteiger partial charge in [0.25, 0.3) is 5.91 Å². The third-order valence-corrected chi connectivity index (χ3v) is 4.30. The summed E-state index contributed by atoms with van der Waals surface area (Å²) >= 11 is 9.47. The van der Waals surface area contributed by atoms with Crippen LogP contribution in [0.25, 0.3) is 0 Å². The highest BCUT2D eigenvalue weighted by molar-refractivity contribution is 9.10. The Kier molecular flexibility index (Phi) is 5.25. The van der Waals surface area contributed by atoms with Crippen molar-refractivity contribution in [3.8, 4) is 0 Å². The lowest BCUT2D eigenvalue weighted by atomic mass is 9.97. The van der Waals surface area contributed by atoms with E-state index in [2.05, 4.69) is 21.2 Å². The second kappa shape index (κ2) is 6.73. The van der Waals surface area contributed by atoms with Crippen molar-refractivity contribution in [2.75, 3.05) is 26.7 Å². The molecule has 3 nitrogen and oxygen atoms in total. The fourth-order valence-electron chi connectivity index (χ4n) is 2.40. The lowest BCUT2D eigenvalue weighted by molar-refractivity contribution is 0.0763. The average molecular weight is 346 g/mol. The number of carbonyl (C=O) groups excluding carboxylic acids is 1.